The number of aromatic nitrogens is 1. The summed E-state index contributed by atoms with van der Waals surface area (Å²) >= 11 is 1.76. The molecule has 3 heteroatoms. The van der Waals surface area contributed by atoms with Crippen LogP contribution in [-0.2, 0) is 5.41 Å². The van der Waals surface area contributed by atoms with Crippen molar-refractivity contribution in [3.8, 4) is 22.4 Å². The highest BCUT2D eigenvalue weighted by Crippen LogP contribution is 2.44. The fraction of sp³-hybridized carbons (Fsp3) is 0.258. The van der Waals surface area contributed by atoms with Crippen molar-refractivity contribution in [3.63, 3.8) is 0 Å². The van der Waals surface area contributed by atoms with Crippen LogP contribution >= 0.6 is 11.3 Å². The molecule has 0 unspecified atom stereocenters. The third-order valence-electron chi connectivity index (χ3n) is 7.83. The average Bonchev–Trinajstić information content (AvgIpc) is 3.53. The van der Waals surface area contributed by atoms with Crippen LogP contribution in [0.5, 0.6) is 0 Å². The number of fused-ring (bicyclic) bond motifs is 3. The van der Waals surface area contributed by atoms with Crippen molar-refractivity contribution >= 4 is 31.5 Å². The monoisotopic (exact) mass is 465 g/mol. The van der Waals surface area contributed by atoms with E-state index in [1.165, 1.54) is 52.1 Å². The number of hydrogen-bond acceptors (Lipinski definition) is 2. The Morgan fingerprint density at radius 2 is 1.65 bits per heavy atom. The summed E-state index contributed by atoms with van der Waals surface area (Å²) in [7, 11) is 0. The molecule has 1 aliphatic carbocycles. The molecule has 170 valence electrons. The number of rotatable bonds is 4. The maximum atomic E-state index is 14.7. The Hall–Kier alpha value is -3.04. The Balaban J connectivity index is 1.50. The number of nitrogens with zero attached hydrogens (tertiary/aromatic N) is 1. The SMILES string of the molecule is CC(C)(c1ccnc(-c2ccc3sc4cccc(-c5ccccc5F)c4c3c2)c1)C1CCCC1. The highest BCUT2D eigenvalue weighted by atomic mass is 32.1. The fourth-order valence-corrected chi connectivity index (χ4v) is 6.88. The van der Waals surface area contributed by atoms with E-state index in [2.05, 4.69) is 50.2 Å². The first-order chi connectivity index (χ1) is 16.5. The van der Waals surface area contributed by atoms with Crippen molar-refractivity contribution in [2.75, 3.05) is 0 Å². The minimum Gasteiger partial charge on any atom is -0.256 e. The fourth-order valence-electron chi connectivity index (χ4n) is 5.76. The van der Waals surface area contributed by atoms with E-state index in [4.69, 9.17) is 4.98 Å². The molecule has 34 heavy (non-hydrogen) atoms. The van der Waals surface area contributed by atoms with Crippen LogP contribution in [0.4, 0.5) is 4.39 Å². The smallest absolute Gasteiger partial charge is 0.131 e. The second-order valence-corrected chi connectivity index (χ2v) is 11.2. The minimum absolute atomic E-state index is 0.144. The number of hydrogen-bond donors (Lipinski definition) is 0. The second-order valence-electron chi connectivity index (χ2n) is 10.1. The summed E-state index contributed by atoms with van der Waals surface area (Å²) in [6.45, 7) is 4.77. The number of halogens is 1. The Labute approximate surface area is 204 Å². The van der Waals surface area contributed by atoms with Crippen LogP contribution in [0.1, 0.15) is 45.1 Å². The molecule has 0 amide bonds. The number of benzene rings is 3. The molecule has 3 aromatic carbocycles. The van der Waals surface area contributed by atoms with E-state index in [0.29, 0.717) is 5.56 Å². The van der Waals surface area contributed by atoms with Gasteiger partial charge >= 0.3 is 0 Å². The highest BCUT2D eigenvalue weighted by molar-refractivity contribution is 7.25. The summed E-state index contributed by atoms with van der Waals surface area (Å²) in [6.07, 6.45) is 7.28. The molecule has 0 spiro atoms. The third kappa shape index (κ3) is 3.54. The molecule has 0 N–H and O–H groups in total. The predicted octanol–water partition coefficient (Wildman–Crippen LogP) is 9.39. The molecule has 1 aliphatic rings. The summed E-state index contributed by atoms with van der Waals surface area (Å²) < 4.78 is 17.1. The molecule has 0 aliphatic heterocycles. The highest BCUT2D eigenvalue weighted by Gasteiger charge is 2.33. The summed E-state index contributed by atoms with van der Waals surface area (Å²) in [5, 5.41) is 2.29. The molecule has 2 heterocycles. The molecular formula is C31H28FNS. The van der Waals surface area contributed by atoms with Gasteiger partial charge in [-0.25, -0.2) is 4.39 Å². The maximum absolute atomic E-state index is 14.7. The Morgan fingerprint density at radius 3 is 2.47 bits per heavy atom. The molecule has 5 aromatic rings. The summed E-state index contributed by atoms with van der Waals surface area (Å²) in [5.74, 6) is 0.545. The third-order valence-corrected chi connectivity index (χ3v) is 8.97. The van der Waals surface area contributed by atoms with E-state index >= 15 is 0 Å². The zero-order valence-corrected chi connectivity index (χ0v) is 20.5. The zero-order valence-electron chi connectivity index (χ0n) is 19.6. The lowest BCUT2D eigenvalue weighted by molar-refractivity contribution is 0.325. The topological polar surface area (TPSA) is 12.9 Å². The lowest BCUT2D eigenvalue weighted by Gasteiger charge is -2.32. The van der Waals surface area contributed by atoms with Crippen molar-refractivity contribution in [2.24, 2.45) is 5.92 Å². The van der Waals surface area contributed by atoms with Crippen LogP contribution in [-0.4, -0.2) is 4.98 Å². The van der Waals surface area contributed by atoms with Gasteiger partial charge in [-0.2, -0.15) is 0 Å². The minimum atomic E-state index is -0.186. The first-order valence-electron chi connectivity index (χ1n) is 12.2. The lowest BCUT2D eigenvalue weighted by atomic mass is 9.72. The van der Waals surface area contributed by atoms with Crippen LogP contribution in [0.25, 0.3) is 42.6 Å². The summed E-state index contributed by atoms with van der Waals surface area (Å²) in [6, 6.07) is 24.3. The van der Waals surface area contributed by atoms with E-state index in [1.54, 1.807) is 17.4 Å². The van der Waals surface area contributed by atoms with Gasteiger partial charge in [0.25, 0.3) is 0 Å². The largest absolute Gasteiger partial charge is 0.256 e. The molecule has 0 atom stereocenters. The molecule has 0 saturated heterocycles. The van der Waals surface area contributed by atoms with Crippen LogP contribution in [0.15, 0.2) is 79.0 Å². The Kier molecular flexibility index (Phi) is 5.26. The second kappa shape index (κ2) is 8.32. The van der Waals surface area contributed by atoms with Gasteiger partial charge in [0, 0.05) is 37.5 Å². The van der Waals surface area contributed by atoms with Crippen molar-refractivity contribution in [3.05, 3.63) is 90.4 Å². The summed E-state index contributed by atoms with van der Waals surface area (Å²) in [5.41, 5.74) is 5.23. The molecule has 2 aromatic heterocycles. The van der Waals surface area contributed by atoms with Crippen LogP contribution in [0, 0.1) is 11.7 Å². The van der Waals surface area contributed by atoms with Gasteiger partial charge in [-0.1, -0.05) is 63.1 Å². The molecular weight excluding hydrogens is 437 g/mol. The maximum Gasteiger partial charge on any atom is 0.131 e. The molecule has 0 bridgehead atoms. The van der Waals surface area contributed by atoms with Gasteiger partial charge in [-0.15, -0.1) is 11.3 Å². The average molecular weight is 466 g/mol. The zero-order chi connectivity index (χ0) is 23.3. The van der Waals surface area contributed by atoms with Gasteiger partial charge in [-0.3, -0.25) is 4.98 Å². The van der Waals surface area contributed by atoms with Gasteiger partial charge in [0.15, 0.2) is 0 Å². The van der Waals surface area contributed by atoms with Crippen molar-refractivity contribution in [1.29, 1.82) is 0 Å². The standard InChI is InChI=1S/C31H28FNS/c1-31(2,21-8-3-4-9-21)22-16-17-33-27(19-22)20-14-15-28-25(18-20)30-24(11-7-13-29(30)34-28)23-10-5-6-12-26(23)32/h5-7,10-19,21H,3-4,8-9H2,1-2H3. The summed E-state index contributed by atoms with van der Waals surface area (Å²) in [4.78, 5) is 4.76. The number of pyridine rings is 1. The van der Waals surface area contributed by atoms with Gasteiger partial charge in [-0.05, 0) is 71.7 Å². The van der Waals surface area contributed by atoms with E-state index in [1.807, 2.05) is 30.5 Å². The van der Waals surface area contributed by atoms with Gasteiger partial charge in [0.05, 0.1) is 5.69 Å². The first kappa shape index (κ1) is 21.5. The van der Waals surface area contributed by atoms with Gasteiger partial charge in [0.1, 0.15) is 5.82 Å². The Bertz CT molecular complexity index is 1510. The molecule has 1 nitrogen and oxygen atoms in total. The Morgan fingerprint density at radius 1 is 0.853 bits per heavy atom. The van der Waals surface area contributed by atoms with Gasteiger partial charge in [0.2, 0.25) is 0 Å². The van der Waals surface area contributed by atoms with E-state index in [-0.39, 0.29) is 11.2 Å². The lowest BCUT2D eigenvalue weighted by Crippen LogP contribution is -2.26. The quantitative estimate of drug-likeness (QED) is 0.258. The molecule has 6 rings (SSSR count). The van der Waals surface area contributed by atoms with Crippen molar-refractivity contribution in [2.45, 2.75) is 44.9 Å². The molecule has 0 radical (unpaired) electrons. The van der Waals surface area contributed by atoms with Crippen molar-refractivity contribution < 1.29 is 4.39 Å². The van der Waals surface area contributed by atoms with Crippen LogP contribution in [0.3, 0.4) is 0 Å². The van der Waals surface area contributed by atoms with Crippen molar-refractivity contribution in [1.82, 2.24) is 4.98 Å². The number of thiophene rings is 1. The van der Waals surface area contributed by atoms with Gasteiger partial charge < -0.3 is 0 Å². The van der Waals surface area contributed by atoms with E-state index in [9.17, 15) is 4.39 Å². The van der Waals surface area contributed by atoms with E-state index < -0.39 is 0 Å². The molecule has 1 fully saturated rings. The normalized spacial score (nSPS) is 14.9. The van der Waals surface area contributed by atoms with Crippen LogP contribution in [0.2, 0.25) is 0 Å². The van der Waals surface area contributed by atoms with Crippen LogP contribution < -0.4 is 0 Å². The predicted molar refractivity (Wildman–Crippen MR) is 143 cm³/mol. The van der Waals surface area contributed by atoms with E-state index in [0.717, 1.165) is 28.1 Å². The molecule has 1 saturated carbocycles. The first-order valence-corrected chi connectivity index (χ1v) is 13.0.